The standard InChI is InChI=1S/C22H16N2O3/c25-22(27-20-13-4-7-16-8-6-14-23-21(16)20)24-17-9-5-12-19(15-17)26-18-10-2-1-3-11-18/h1-15H,(H,24,25). The molecule has 5 heteroatoms. The molecule has 0 bridgehead atoms. The molecule has 0 spiro atoms. The number of amides is 1. The number of carbonyl (C=O) groups excluding carboxylic acids is 1. The highest BCUT2D eigenvalue weighted by Crippen LogP contribution is 2.25. The van der Waals surface area contributed by atoms with Crippen molar-refractivity contribution >= 4 is 22.7 Å². The second-order valence-corrected chi connectivity index (χ2v) is 5.79. The largest absolute Gasteiger partial charge is 0.457 e. The summed E-state index contributed by atoms with van der Waals surface area (Å²) in [5, 5.41) is 3.62. The van der Waals surface area contributed by atoms with Crippen molar-refractivity contribution in [2.45, 2.75) is 0 Å². The number of para-hydroxylation sites is 2. The summed E-state index contributed by atoms with van der Waals surface area (Å²) in [6, 6.07) is 25.7. The van der Waals surface area contributed by atoms with E-state index in [0.717, 1.165) is 11.1 Å². The van der Waals surface area contributed by atoms with Crippen LogP contribution in [0.2, 0.25) is 0 Å². The fourth-order valence-corrected chi connectivity index (χ4v) is 2.66. The van der Waals surface area contributed by atoms with E-state index in [1.54, 1.807) is 30.5 Å². The summed E-state index contributed by atoms with van der Waals surface area (Å²) in [6.07, 6.45) is 1.07. The van der Waals surface area contributed by atoms with E-state index in [4.69, 9.17) is 9.47 Å². The fraction of sp³-hybridized carbons (Fsp3) is 0. The lowest BCUT2D eigenvalue weighted by atomic mass is 10.2. The van der Waals surface area contributed by atoms with Gasteiger partial charge in [0.1, 0.15) is 17.0 Å². The molecular formula is C22H16N2O3. The van der Waals surface area contributed by atoms with Crippen LogP contribution < -0.4 is 14.8 Å². The van der Waals surface area contributed by atoms with Crippen LogP contribution in [-0.2, 0) is 0 Å². The molecule has 0 saturated carbocycles. The zero-order valence-corrected chi connectivity index (χ0v) is 14.3. The van der Waals surface area contributed by atoms with Gasteiger partial charge in [-0.1, -0.05) is 42.5 Å². The molecule has 1 amide bonds. The normalized spacial score (nSPS) is 10.4. The van der Waals surface area contributed by atoms with Crippen molar-refractivity contribution in [1.82, 2.24) is 4.98 Å². The lowest BCUT2D eigenvalue weighted by Crippen LogP contribution is -2.17. The van der Waals surface area contributed by atoms with Gasteiger partial charge in [0.05, 0.1) is 0 Å². The molecule has 0 saturated heterocycles. The molecule has 5 nitrogen and oxygen atoms in total. The second-order valence-electron chi connectivity index (χ2n) is 5.79. The molecule has 4 rings (SSSR count). The van der Waals surface area contributed by atoms with Crippen molar-refractivity contribution in [2.24, 2.45) is 0 Å². The summed E-state index contributed by atoms with van der Waals surface area (Å²) in [6.45, 7) is 0. The van der Waals surface area contributed by atoms with Crippen LogP contribution in [0.15, 0.2) is 91.1 Å². The van der Waals surface area contributed by atoms with E-state index < -0.39 is 6.09 Å². The lowest BCUT2D eigenvalue weighted by molar-refractivity contribution is 0.215. The molecule has 1 heterocycles. The molecule has 132 valence electrons. The van der Waals surface area contributed by atoms with Gasteiger partial charge in [-0.25, -0.2) is 4.79 Å². The Morgan fingerprint density at radius 3 is 2.48 bits per heavy atom. The molecule has 0 atom stereocenters. The van der Waals surface area contributed by atoms with Gasteiger partial charge in [0.2, 0.25) is 0 Å². The Kier molecular flexibility index (Phi) is 4.66. The maximum Gasteiger partial charge on any atom is 0.417 e. The summed E-state index contributed by atoms with van der Waals surface area (Å²) in [5.41, 5.74) is 1.21. The van der Waals surface area contributed by atoms with Gasteiger partial charge in [0.15, 0.2) is 5.75 Å². The van der Waals surface area contributed by atoms with E-state index in [-0.39, 0.29) is 0 Å². The highest BCUT2D eigenvalue weighted by atomic mass is 16.6. The van der Waals surface area contributed by atoms with Crippen LogP contribution in [0.1, 0.15) is 0 Å². The van der Waals surface area contributed by atoms with Crippen LogP contribution in [0.5, 0.6) is 17.2 Å². The maximum atomic E-state index is 12.3. The Bertz CT molecular complexity index is 1080. The number of nitrogens with zero attached hydrogens (tertiary/aromatic N) is 1. The third-order valence-corrected chi connectivity index (χ3v) is 3.86. The van der Waals surface area contributed by atoms with Crippen LogP contribution in [0.4, 0.5) is 10.5 Å². The average Bonchev–Trinajstić information content (AvgIpc) is 2.69. The van der Waals surface area contributed by atoms with Crippen molar-refractivity contribution in [3.8, 4) is 17.2 Å². The molecular weight excluding hydrogens is 340 g/mol. The first-order valence-electron chi connectivity index (χ1n) is 8.43. The SMILES string of the molecule is O=C(Nc1cccc(Oc2ccccc2)c1)Oc1cccc2cccnc12. The van der Waals surface area contributed by atoms with Gasteiger partial charge in [-0.2, -0.15) is 0 Å². The van der Waals surface area contributed by atoms with Crippen LogP contribution >= 0.6 is 0 Å². The Hall–Kier alpha value is -3.86. The minimum atomic E-state index is -0.593. The van der Waals surface area contributed by atoms with Crippen LogP contribution in [-0.4, -0.2) is 11.1 Å². The second kappa shape index (κ2) is 7.58. The number of pyridine rings is 1. The summed E-state index contributed by atoms with van der Waals surface area (Å²) >= 11 is 0. The molecule has 0 aliphatic heterocycles. The molecule has 0 fully saturated rings. The minimum absolute atomic E-state index is 0.405. The van der Waals surface area contributed by atoms with E-state index in [9.17, 15) is 4.79 Å². The van der Waals surface area contributed by atoms with Gasteiger partial charge in [0.25, 0.3) is 0 Å². The van der Waals surface area contributed by atoms with Gasteiger partial charge in [-0.3, -0.25) is 10.3 Å². The number of nitrogens with one attached hydrogen (secondary N) is 1. The highest BCUT2D eigenvalue weighted by molar-refractivity contribution is 5.91. The number of benzene rings is 3. The zero-order valence-electron chi connectivity index (χ0n) is 14.3. The van der Waals surface area contributed by atoms with Gasteiger partial charge >= 0.3 is 6.09 Å². The van der Waals surface area contributed by atoms with Crippen LogP contribution in [0.3, 0.4) is 0 Å². The highest BCUT2D eigenvalue weighted by Gasteiger charge is 2.10. The molecule has 1 N–H and O–H groups in total. The quantitative estimate of drug-likeness (QED) is 0.514. The summed E-state index contributed by atoms with van der Waals surface area (Å²) in [5.74, 6) is 1.74. The number of fused-ring (bicyclic) bond motifs is 1. The van der Waals surface area contributed by atoms with Crippen molar-refractivity contribution in [3.63, 3.8) is 0 Å². The molecule has 0 aliphatic rings. The van der Waals surface area contributed by atoms with Crippen molar-refractivity contribution in [1.29, 1.82) is 0 Å². The average molecular weight is 356 g/mol. The smallest absolute Gasteiger partial charge is 0.417 e. The third-order valence-electron chi connectivity index (χ3n) is 3.86. The summed E-state index contributed by atoms with van der Waals surface area (Å²) in [7, 11) is 0. The Balaban J connectivity index is 1.47. The zero-order chi connectivity index (χ0) is 18.5. The fourth-order valence-electron chi connectivity index (χ4n) is 2.66. The predicted octanol–water partition coefficient (Wildman–Crippen LogP) is 5.64. The number of ether oxygens (including phenoxy) is 2. The molecule has 3 aromatic carbocycles. The number of anilines is 1. The number of hydrogen-bond acceptors (Lipinski definition) is 4. The van der Waals surface area contributed by atoms with E-state index in [1.165, 1.54) is 0 Å². The predicted molar refractivity (Wildman–Crippen MR) is 104 cm³/mol. The first-order chi connectivity index (χ1) is 13.3. The van der Waals surface area contributed by atoms with Gasteiger partial charge in [0, 0.05) is 23.3 Å². The summed E-state index contributed by atoms with van der Waals surface area (Å²) < 4.78 is 11.2. The molecule has 0 radical (unpaired) electrons. The monoisotopic (exact) mass is 356 g/mol. The van der Waals surface area contributed by atoms with Crippen molar-refractivity contribution < 1.29 is 14.3 Å². The minimum Gasteiger partial charge on any atom is -0.457 e. The number of carbonyl (C=O) groups is 1. The van der Waals surface area contributed by atoms with E-state index in [2.05, 4.69) is 10.3 Å². The Morgan fingerprint density at radius 2 is 1.59 bits per heavy atom. The first-order valence-corrected chi connectivity index (χ1v) is 8.43. The van der Waals surface area contributed by atoms with Crippen molar-refractivity contribution in [2.75, 3.05) is 5.32 Å². The Morgan fingerprint density at radius 1 is 0.815 bits per heavy atom. The van der Waals surface area contributed by atoms with Crippen LogP contribution in [0, 0.1) is 0 Å². The first kappa shape index (κ1) is 16.6. The van der Waals surface area contributed by atoms with Crippen molar-refractivity contribution in [3.05, 3.63) is 91.1 Å². The van der Waals surface area contributed by atoms with Gasteiger partial charge < -0.3 is 9.47 Å². The van der Waals surface area contributed by atoms with E-state index in [0.29, 0.717) is 22.7 Å². The van der Waals surface area contributed by atoms with Crippen LogP contribution in [0.25, 0.3) is 10.9 Å². The molecule has 4 aromatic rings. The molecule has 0 aliphatic carbocycles. The molecule has 1 aromatic heterocycles. The van der Waals surface area contributed by atoms with Gasteiger partial charge in [-0.15, -0.1) is 0 Å². The Labute approximate surface area is 156 Å². The summed E-state index contributed by atoms with van der Waals surface area (Å²) in [4.78, 5) is 16.6. The number of aromatic nitrogens is 1. The molecule has 0 unspecified atom stereocenters. The van der Waals surface area contributed by atoms with E-state index >= 15 is 0 Å². The number of hydrogen-bond donors (Lipinski definition) is 1. The van der Waals surface area contributed by atoms with E-state index in [1.807, 2.05) is 60.7 Å². The number of rotatable bonds is 4. The third kappa shape index (κ3) is 4.04. The topological polar surface area (TPSA) is 60.5 Å². The maximum absolute atomic E-state index is 12.3. The lowest BCUT2D eigenvalue weighted by Gasteiger charge is -2.10. The van der Waals surface area contributed by atoms with Gasteiger partial charge in [-0.05, 0) is 36.4 Å². The molecule has 27 heavy (non-hydrogen) atoms.